The van der Waals surface area contributed by atoms with Crippen molar-refractivity contribution in [3.05, 3.63) is 84.4 Å². The molecule has 3 N–H and O–H groups in total. The molecule has 0 aromatic heterocycles. The molecule has 0 radical (unpaired) electrons. The second-order valence-electron chi connectivity index (χ2n) is 8.05. The van der Waals surface area contributed by atoms with E-state index in [0.717, 1.165) is 0 Å². The Balaban J connectivity index is 1.75. The van der Waals surface area contributed by atoms with Crippen molar-refractivity contribution in [1.82, 2.24) is 5.32 Å². The highest BCUT2D eigenvalue weighted by molar-refractivity contribution is 7.92. The number of sulfonamides is 1. The molecule has 8 nitrogen and oxygen atoms in total. The van der Waals surface area contributed by atoms with Crippen LogP contribution in [0.2, 0.25) is 0 Å². The van der Waals surface area contributed by atoms with E-state index in [-0.39, 0.29) is 16.7 Å². The number of ether oxygens (including phenoxy) is 1. The Hall–Kier alpha value is -3.85. The first-order chi connectivity index (χ1) is 16.7. The number of carbonyl (C=O) groups is 2. The largest absolute Gasteiger partial charge is 0.497 e. The van der Waals surface area contributed by atoms with Crippen molar-refractivity contribution >= 4 is 33.2 Å². The number of amides is 2. The standard InChI is InChI=1S/C26H29N3O5S/c1-4-18(2)24(28-25(30)19-9-6-5-7-10-19)26(31)27-21-11-8-12-23(17-21)35(32,33)29-20-13-15-22(34-3)16-14-20/h5-18,24,29H,4H2,1-3H3,(H,27,31)(H,28,30)/t18-,24-/m1/s1. The Morgan fingerprint density at radius 1 is 0.914 bits per heavy atom. The maximum absolute atomic E-state index is 13.1. The van der Waals surface area contributed by atoms with Crippen LogP contribution < -0.4 is 20.1 Å². The summed E-state index contributed by atoms with van der Waals surface area (Å²) in [7, 11) is -2.37. The summed E-state index contributed by atoms with van der Waals surface area (Å²) in [6.45, 7) is 3.80. The lowest BCUT2D eigenvalue weighted by molar-refractivity contribution is -0.119. The van der Waals surface area contributed by atoms with Gasteiger partial charge in [-0.2, -0.15) is 0 Å². The molecule has 9 heteroatoms. The highest BCUT2D eigenvalue weighted by Gasteiger charge is 2.27. The van der Waals surface area contributed by atoms with Gasteiger partial charge in [-0.15, -0.1) is 0 Å². The Morgan fingerprint density at radius 2 is 1.60 bits per heavy atom. The van der Waals surface area contributed by atoms with Gasteiger partial charge in [0.15, 0.2) is 0 Å². The van der Waals surface area contributed by atoms with Crippen LogP contribution in [-0.4, -0.2) is 33.4 Å². The van der Waals surface area contributed by atoms with E-state index < -0.39 is 22.0 Å². The zero-order valence-corrected chi connectivity index (χ0v) is 20.6. The first-order valence-corrected chi connectivity index (χ1v) is 12.7. The molecule has 0 bridgehead atoms. The number of carbonyl (C=O) groups excluding carboxylic acids is 2. The third kappa shape index (κ3) is 6.83. The molecular formula is C26H29N3O5S. The predicted molar refractivity (Wildman–Crippen MR) is 136 cm³/mol. The minimum absolute atomic E-state index is 0.0143. The molecule has 0 fully saturated rings. The van der Waals surface area contributed by atoms with Gasteiger partial charge >= 0.3 is 0 Å². The predicted octanol–water partition coefficient (Wildman–Crippen LogP) is 4.28. The molecule has 0 aliphatic heterocycles. The summed E-state index contributed by atoms with van der Waals surface area (Å²) in [6, 6.07) is 20.3. The van der Waals surface area contributed by atoms with Gasteiger partial charge in [-0.05, 0) is 60.5 Å². The van der Waals surface area contributed by atoms with Crippen molar-refractivity contribution in [1.29, 1.82) is 0 Å². The SMILES string of the molecule is CC[C@@H](C)[C@@H](NC(=O)c1ccccc1)C(=O)Nc1cccc(S(=O)(=O)Nc2ccc(OC)cc2)c1. The maximum atomic E-state index is 13.1. The summed E-state index contributed by atoms with van der Waals surface area (Å²) in [5.74, 6) is -0.327. The van der Waals surface area contributed by atoms with Gasteiger partial charge in [-0.1, -0.05) is 44.5 Å². The average Bonchev–Trinajstić information content (AvgIpc) is 2.87. The third-order valence-electron chi connectivity index (χ3n) is 5.57. The zero-order valence-electron chi connectivity index (χ0n) is 19.8. The monoisotopic (exact) mass is 495 g/mol. The van der Waals surface area contributed by atoms with Crippen LogP contribution in [0.25, 0.3) is 0 Å². The Kier molecular flexibility index (Phi) is 8.48. The molecule has 0 spiro atoms. The summed E-state index contributed by atoms with van der Waals surface area (Å²) in [6.07, 6.45) is 0.660. The Morgan fingerprint density at radius 3 is 2.23 bits per heavy atom. The van der Waals surface area contributed by atoms with E-state index >= 15 is 0 Å². The van der Waals surface area contributed by atoms with E-state index in [1.807, 2.05) is 13.8 Å². The molecule has 0 unspecified atom stereocenters. The molecule has 0 saturated carbocycles. The van der Waals surface area contributed by atoms with E-state index in [9.17, 15) is 18.0 Å². The molecule has 184 valence electrons. The van der Waals surface area contributed by atoms with Crippen LogP contribution in [0.1, 0.15) is 30.6 Å². The molecule has 3 aromatic carbocycles. The van der Waals surface area contributed by atoms with E-state index in [1.54, 1.807) is 66.7 Å². The van der Waals surface area contributed by atoms with Crippen LogP contribution in [0, 0.1) is 5.92 Å². The van der Waals surface area contributed by atoms with E-state index in [4.69, 9.17) is 4.74 Å². The second kappa shape index (κ2) is 11.5. The van der Waals surface area contributed by atoms with Gasteiger partial charge in [0.05, 0.1) is 12.0 Å². The molecule has 3 aromatic rings. The topological polar surface area (TPSA) is 114 Å². The van der Waals surface area contributed by atoms with Crippen LogP contribution >= 0.6 is 0 Å². The zero-order chi connectivity index (χ0) is 25.4. The van der Waals surface area contributed by atoms with E-state index in [2.05, 4.69) is 15.4 Å². The molecule has 35 heavy (non-hydrogen) atoms. The number of rotatable bonds is 10. The fourth-order valence-corrected chi connectivity index (χ4v) is 4.45. The smallest absolute Gasteiger partial charge is 0.261 e. The van der Waals surface area contributed by atoms with Crippen molar-refractivity contribution < 1.29 is 22.7 Å². The molecule has 3 rings (SSSR count). The molecule has 0 aliphatic carbocycles. The van der Waals surface area contributed by atoms with Crippen LogP contribution in [0.15, 0.2) is 83.8 Å². The average molecular weight is 496 g/mol. The molecule has 0 heterocycles. The summed E-state index contributed by atoms with van der Waals surface area (Å²) in [5, 5.41) is 5.54. The Labute approximate surface area is 205 Å². The van der Waals surface area contributed by atoms with E-state index in [1.165, 1.54) is 19.2 Å². The van der Waals surface area contributed by atoms with Crippen LogP contribution in [-0.2, 0) is 14.8 Å². The van der Waals surface area contributed by atoms with Crippen LogP contribution in [0.4, 0.5) is 11.4 Å². The maximum Gasteiger partial charge on any atom is 0.261 e. The number of methoxy groups -OCH3 is 1. The number of anilines is 2. The second-order valence-corrected chi connectivity index (χ2v) is 9.74. The summed E-state index contributed by atoms with van der Waals surface area (Å²) in [5.41, 5.74) is 1.13. The summed E-state index contributed by atoms with van der Waals surface area (Å²) < 4.78 is 33.3. The van der Waals surface area contributed by atoms with E-state index in [0.29, 0.717) is 29.1 Å². The lowest BCUT2D eigenvalue weighted by Gasteiger charge is -2.23. The molecule has 0 saturated heterocycles. The fraction of sp³-hybridized carbons (Fsp3) is 0.231. The summed E-state index contributed by atoms with van der Waals surface area (Å²) in [4.78, 5) is 25.7. The highest BCUT2D eigenvalue weighted by Crippen LogP contribution is 2.22. The van der Waals surface area contributed by atoms with Crippen molar-refractivity contribution in [3.63, 3.8) is 0 Å². The highest BCUT2D eigenvalue weighted by atomic mass is 32.2. The number of nitrogens with one attached hydrogen (secondary N) is 3. The first-order valence-electron chi connectivity index (χ1n) is 11.2. The van der Waals surface area contributed by atoms with Crippen LogP contribution in [0.3, 0.4) is 0 Å². The molecule has 2 amide bonds. The van der Waals surface area contributed by atoms with Gasteiger partial charge in [0.1, 0.15) is 11.8 Å². The summed E-state index contributed by atoms with van der Waals surface area (Å²) >= 11 is 0. The number of benzene rings is 3. The Bertz CT molecular complexity index is 1260. The van der Waals surface area contributed by atoms with Gasteiger partial charge in [-0.25, -0.2) is 8.42 Å². The molecule has 2 atom stereocenters. The minimum atomic E-state index is -3.90. The normalized spacial score (nSPS) is 12.8. The van der Waals surface area contributed by atoms with Crippen molar-refractivity contribution in [2.24, 2.45) is 5.92 Å². The van der Waals surface area contributed by atoms with Crippen molar-refractivity contribution in [2.75, 3.05) is 17.1 Å². The lowest BCUT2D eigenvalue weighted by atomic mass is 9.97. The molecular weight excluding hydrogens is 466 g/mol. The quantitative estimate of drug-likeness (QED) is 0.389. The molecule has 0 aliphatic rings. The minimum Gasteiger partial charge on any atom is -0.497 e. The van der Waals surface area contributed by atoms with Gasteiger partial charge in [0.25, 0.3) is 15.9 Å². The van der Waals surface area contributed by atoms with Gasteiger partial charge in [0, 0.05) is 16.9 Å². The van der Waals surface area contributed by atoms with Gasteiger partial charge < -0.3 is 15.4 Å². The van der Waals surface area contributed by atoms with Crippen molar-refractivity contribution in [2.45, 2.75) is 31.2 Å². The lowest BCUT2D eigenvalue weighted by Crippen LogP contribution is -2.47. The fourth-order valence-electron chi connectivity index (χ4n) is 3.35. The third-order valence-corrected chi connectivity index (χ3v) is 6.95. The van der Waals surface area contributed by atoms with Gasteiger partial charge in [-0.3, -0.25) is 14.3 Å². The van der Waals surface area contributed by atoms with Gasteiger partial charge in [0.2, 0.25) is 5.91 Å². The van der Waals surface area contributed by atoms with Crippen molar-refractivity contribution in [3.8, 4) is 5.75 Å². The number of hydrogen-bond acceptors (Lipinski definition) is 5. The number of hydrogen-bond donors (Lipinski definition) is 3. The first kappa shape index (κ1) is 25.8. The van der Waals surface area contributed by atoms with Crippen LogP contribution in [0.5, 0.6) is 5.75 Å².